The fraction of sp³-hybridized carbons (Fsp3) is 0.250. The van der Waals surface area contributed by atoms with E-state index in [1.807, 2.05) is 44.3 Å². The molecule has 1 N–H and O–H groups in total. The van der Waals surface area contributed by atoms with Crippen LogP contribution in [0.25, 0.3) is 0 Å². The summed E-state index contributed by atoms with van der Waals surface area (Å²) in [6.07, 6.45) is 0. The predicted molar refractivity (Wildman–Crippen MR) is 80.2 cm³/mol. The molecular formula is C16H18ClNO. The molecule has 0 aliphatic heterocycles. The van der Waals surface area contributed by atoms with Gasteiger partial charge in [0.1, 0.15) is 11.5 Å². The molecule has 0 aliphatic carbocycles. The molecule has 0 saturated heterocycles. The summed E-state index contributed by atoms with van der Waals surface area (Å²) < 4.78 is 5.78. The Morgan fingerprint density at radius 3 is 2.37 bits per heavy atom. The highest BCUT2D eigenvalue weighted by atomic mass is 35.5. The highest BCUT2D eigenvalue weighted by Gasteiger charge is 2.05. The van der Waals surface area contributed by atoms with Gasteiger partial charge >= 0.3 is 0 Å². The Balaban J connectivity index is 2.15. The SMILES string of the molecule is CNC(C)c1ccc(Oc2ccc(C)cc2Cl)cc1. The van der Waals surface area contributed by atoms with E-state index in [0.29, 0.717) is 16.8 Å². The second-order valence-corrected chi connectivity index (χ2v) is 5.02. The molecule has 2 aromatic carbocycles. The van der Waals surface area contributed by atoms with Gasteiger partial charge in [0.05, 0.1) is 5.02 Å². The van der Waals surface area contributed by atoms with Gasteiger partial charge in [0, 0.05) is 6.04 Å². The molecule has 0 fully saturated rings. The van der Waals surface area contributed by atoms with Crippen LogP contribution in [0, 0.1) is 6.92 Å². The number of ether oxygens (including phenoxy) is 1. The zero-order valence-electron chi connectivity index (χ0n) is 11.4. The fourth-order valence-corrected chi connectivity index (χ4v) is 2.08. The van der Waals surface area contributed by atoms with Crippen molar-refractivity contribution < 1.29 is 4.74 Å². The zero-order valence-corrected chi connectivity index (χ0v) is 12.2. The van der Waals surface area contributed by atoms with E-state index < -0.39 is 0 Å². The Hall–Kier alpha value is -1.51. The van der Waals surface area contributed by atoms with Crippen LogP contribution in [0.5, 0.6) is 11.5 Å². The van der Waals surface area contributed by atoms with Crippen molar-refractivity contribution in [2.45, 2.75) is 19.9 Å². The topological polar surface area (TPSA) is 21.3 Å². The lowest BCUT2D eigenvalue weighted by atomic mass is 10.1. The number of nitrogens with one attached hydrogen (secondary N) is 1. The van der Waals surface area contributed by atoms with Crippen molar-refractivity contribution in [3.05, 3.63) is 58.6 Å². The van der Waals surface area contributed by atoms with Gasteiger partial charge in [0.25, 0.3) is 0 Å². The maximum absolute atomic E-state index is 6.15. The normalized spacial score (nSPS) is 12.2. The Kier molecular flexibility index (Phi) is 4.46. The quantitative estimate of drug-likeness (QED) is 0.872. The van der Waals surface area contributed by atoms with Crippen molar-refractivity contribution in [2.75, 3.05) is 7.05 Å². The minimum absolute atomic E-state index is 0.331. The molecule has 0 radical (unpaired) electrons. The summed E-state index contributed by atoms with van der Waals surface area (Å²) in [7, 11) is 1.95. The van der Waals surface area contributed by atoms with Crippen LogP contribution in [-0.2, 0) is 0 Å². The molecule has 0 aromatic heterocycles. The van der Waals surface area contributed by atoms with Crippen molar-refractivity contribution in [2.24, 2.45) is 0 Å². The summed E-state index contributed by atoms with van der Waals surface area (Å²) in [5, 5.41) is 3.84. The smallest absolute Gasteiger partial charge is 0.146 e. The summed E-state index contributed by atoms with van der Waals surface area (Å²) >= 11 is 6.15. The Bertz CT molecular complexity index is 551. The molecule has 0 spiro atoms. The van der Waals surface area contributed by atoms with Gasteiger partial charge in [-0.05, 0) is 56.3 Å². The summed E-state index contributed by atoms with van der Waals surface area (Å²) in [6.45, 7) is 4.12. The standard InChI is InChI=1S/C16H18ClNO/c1-11-4-9-16(15(17)10-11)19-14-7-5-13(6-8-14)12(2)18-3/h4-10,12,18H,1-3H3. The lowest BCUT2D eigenvalue weighted by Crippen LogP contribution is -2.11. The van der Waals surface area contributed by atoms with Crippen molar-refractivity contribution in [1.82, 2.24) is 5.32 Å². The van der Waals surface area contributed by atoms with Gasteiger partial charge in [-0.2, -0.15) is 0 Å². The first-order valence-corrected chi connectivity index (χ1v) is 6.69. The highest BCUT2D eigenvalue weighted by molar-refractivity contribution is 6.32. The molecular weight excluding hydrogens is 258 g/mol. The first kappa shape index (κ1) is 13.9. The monoisotopic (exact) mass is 275 g/mol. The van der Waals surface area contributed by atoms with Crippen LogP contribution in [0.1, 0.15) is 24.1 Å². The molecule has 2 nitrogen and oxygen atoms in total. The number of rotatable bonds is 4. The largest absolute Gasteiger partial charge is 0.456 e. The predicted octanol–water partition coefficient (Wildman–Crippen LogP) is 4.72. The third-order valence-electron chi connectivity index (χ3n) is 3.13. The van der Waals surface area contributed by atoms with Crippen LogP contribution in [-0.4, -0.2) is 7.05 Å². The van der Waals surface area contributed by atoms with E-state index >= 15 is 0 Å². The minimum Gasteiger partial charge on any atom is -0.456 e. The summed E-state index contributed by atoms with van der Waals surface area (Å²) in [6, 6.07) is 14.1. The lowest BCUT2D eigenvalue weighted by molar-refractivity contribution is 0.482. The minimum atomic E-state index is 0.331. The van der Waals surface area contributed by atoms with Crippen LogP contribution >= 0.6 is 11.6 Å². The van der Waals surface area contributed by atoms with Gasteiger partial charge in [0.15, 0.2) is 0 Å². The van der Waals surface area contributed by atoms with Crippen LogP contribution in [0.15, 0.2) is 42.5 Å². The molecule has 0 heterocycles. The van der Waals surface area contributed by atoms with Crippen LogP contribution < -0.4 is 10.1 Å². The van der Waals surface area contributed by atoms with E-state index in [9.17, 15) is 0 Å². The molecule has 2 aromatic rings. The molecule has 3 heteroatoms. The van der Waals surface area contributed by atoms with Gasteiger partial charge in [-0.25, -0.2) is 0 Å². The Morgan fingerprint density at radius 2 is 1.79 bits per heavy atom. The molecule has 0 bridgehead atoms. The number of aryl methyl sites for hydroxylation is 1. The van der Waals surface area contributed by atoms with E-state index in [0.717, 1.165) is 11.3 Å². The van der Waals surface area contributed by atoms with E-state index in [1.165, 1.54) is 5.56 Å². The molecule has 1 atom stereocenters. The lowest BCUT2D eigenvalue weighted by Gasteiger charge is -2.12. The summed E-state index contributed by atoms with van der Waals surface area (Å²) in [4.78, 5) is 0. The summed E-state index contributed by atoms with van der Waals surface area (Å²) in [5.41, 5.74) is 2.35. The maximum atomic E-state index is 6.15. The van der Waals surface area contributed by atoms with Crippen LogP contribution in [0.4, 0.5) is 0 Å². The van der Waals surface area contributed by atoms with Gasteiger partial charge in [0.2, 0.25) is 0 Å². The van der Waals surface area contributed by atoms with Crippen LogP contribution in [0.2, 0.25) is 5.02 Å². The molecule has 0 aliphatic rings. The van der Waals surface area contributed by atoms with Crippen molar-refractivity contribution in [3.63, 3.8) is 0 Å². The van der Waals surface area contributed by atoms with Gasteiger partial charge in [-0.15, -0.1) is 0 Å². The van der Waals surface area contributed by atoms with Gasteiger partial charge in [-0.3, -0.25) is 0 Å². The first-order chi connectivity index (χ1) is 9.10. The molecule has 2 rings (SSSR count). The number of hydrogen-bond donors (Lipinski definition) is 1. The van der Waals surface area contributed by atoms with E-state index in [4.69, 9.17) is 16.3 Å². The molecule has 1 unspecified atom stereocenters. The van der Waals surface area contributed by atoms with Crippen molar-refractivity contribution in [1.29, 1.82) is 0 Å². The number of hydrogen-bond acceptors (Lipinski definition) is 2. The summed E-state index contributed by atoms with van der Waals surface area (Å²) in [5.74, 6) is 1.47. The first-order valence-electron chi connectivity index (χ1n) is 6.31. The fourth-order valence-electron chi connectivity index (χ4n) is 1.81. The van der Waals surface area contributed by atoms with Gasteiger partial charge in [-0.1, -0.05) is 29.8 Å². The number of halogens is 1. The zero-order chi connectivity index (χ0) is 13.8. The third-order valence-corrected chi connectivity index (χ3v) is 3.42. The average molecular weight is 276 g/mol. The van der Waals surface area contributed by atoms with Crippen molar-refractivity contribution >= 4 is 11.6 Å². The van der Waals surface area contributed by atoms with Crippen molar-refractivity contribution in [3.8, 4) is 11.5 Å². The second-order valence-electron chi connectivity index (χ2n) is 4.62. The number of benzene rings is 2. The van der Waals surface area contributed by atoms with E-state index in [1.54, 1.807) is 0 Å². The average Bonchev–Trinajstić information content (AvgIpc) is 2.42. The molecule has 0 saturated carbocycles. The Morgan fingerprint density at radius 1 is 1.11 bits per heavy atom. The molecule has 100 valence electrons. The highest BCUT2D eigenvalue weighted by Crippen LogP contribution is 2.30. The maximum Gasteiger partial charge on any atom is 0.146 e. The van der Waals surface area contributed by atoms with Crippen LogP contribution in [0.3, 0.4) is 0 Å². The van der Waals surface area contributed by atoms with Gasteiger partial charge < -0.3 is 10.1 Å². The second kappa shape index (κ2) is 6.09. The molecule has 0 amide bonds. The van der Waals surface area contributed by atoms with E-state index in [-0.39, 0.29) is 0 Å². The third kappa shape index (κ3) is 3.49. The van der Waals surface area contributed by atoms with E-state index in [2.05, 4.69) is 24.4 Å². The Labute approximate surface area is 119 Å². The molecule has 19 heavy (non-hydrogen) atoms.